The van der Waals surface area contributed by atoms with Gasteiger partial charge in [0.15, 0.2) is 0 Å². The molecule has 27 heavy (non-hydrogen) atoms. The number of hydrogen-bond acceptors (Lipinski definition) is 4. The number of hydrogen-bond donors (Lipinski definition) is 1. The fourth-order valence-electron chi connectivity index (χ4n) is 2.99. The molecule has 1 aliphatic heterocycles. The van der Waals surface area contributed by atoms with Gasteiger partial charge in [0, 0.05) is 37.4 Å². The Morgan fingerprint density at radius 2 is 1.56 bits per heavy atom. The average Bonchev–Trinajstić information content (AvgIpc) is 2.64. The van der Waals surface area contributed by atoms with Crippen LogP contribution in [-0.2, 0) is 15.8 Å². The number of likely N-dealkylation sites (N-methyl/N-ethyl adjacent to an activating group) is 1. The van der Waals surface area contributed by atoms with E-state index in [9.17, 15) is 13.2 Å². The molecule has 144 valence electrons. The van der Waals surface area contributed by atoms with E-state index in [-0.39, 0.29) is 11.7 Å². The van der Waals surface area contributed by atoms with Crippen molar-refractivity contribution in [1.29, 1.82) is 0 Å². The molecule has 0 radical (unpaired) electrons. The Bertz CT molecular complexity index is 885. The van der Waals surface area contributed by atoms with Crippen LogP contribution in [0.5, 0.6) is 0 Å². The minimum absolute atomic E-state index is 0.0165. The van der Waals surface area contributed by atoms with Crippen molar-refractivity contribution < 1.29 is 13.2 Å². The smallest absolute Gasteiger partial charge is 0.253 e. The van der Waals surface area contributed by atoms with Gasteiger partial charge >= 0.3 is 0 Å². The Morgan fingerprint density at radius 3 is 2.15 bits per heavy atom. The van der Waals surface area contributed by atoms with Gasteiger partial charge in [0.2, 0.25) is 10.0 Å². The average molecular weight is 388 g/mol. The molecule has 1 amide bonds. The molecule has 2 aromatic rings. The van der Waals surface area contributed by atoms with Crippen LogP contribution in [0.1, 0.15) is 21.5 Å². The number of aryl methyl sites for hydroxylation is 1. The Kier molecular flexibility index (Phi) is 5.82. The van der Waals surface area contributed by atoms with Gasteiger partial charge in [-0.15, -0.1) is 0 Å². The molecule has 0 aromatic heterocycles. The molecule has 3 rings (SSSR count). The summed E-state index contributed by atoms with van der Waals surface area (Å²) >= 11 is 0. The van der Waals surface area contributed by atoms with E-state index in [1.54, 1.807) is 24.3 Å². The minimum atomic E-state index is -3.51. The number of nitrogens with one attached hydrogen (secondary N) is 1. The van der Waals surface area contributed by atoms with Crippen LogP contribution < -0.4 is 4.72 Å². The van der Waals surface area contributed by atoms with Crippen molar-refractivity contribution in [3.05, 3.63) is 65.2 Å². The maximum atomic E-state index is 12.5. The van der Waals surface area contributed by atoms with Gasteiger partial charge < -0.3 is 9.80 Å². The van der Waals surface area contributed by atoms with Gasteiger partial charge in [-0.25, -0.2) is 8.42 Å². The number of piperazine rings is 1. The van der Waals surface area contributed by atoms with Crippen LogP contribution >= 0.6 is 0 Å². The predicted molar refractivity (Wildman–Crippen MR) is 107 cm³/mol. The van der Waals surface area contributed by atoms with E-state index < -0.39 is 10.0 Å². The molecule has 0 atom stereocenters. The normalized spacial score (nSPS) is 15.6. The van der Waals surface area contributed by atoms with Gasteiger partial charge in [-0.3, -0.25) is 9.52 Å². The summed E-state index contributed by atoms with van der Waals surface area (Å²) in [4.78, 5) is 16.6. The first-order valence-electron chi connectivity index (χ1n) is 8.96. The highest BCUT2D eigenvalue weighted by atomic mass is 32.2. The van der Waals surface area contributed by atoms with Crippen molar-refractivity contribution in [1.82, 2.24) is 9.80 Å². The van der Waals surface area contributed by atoms with Crippen LogP contribution in [0.15, 0.2) is 48.5 Å². The fraction of sp³-hybridized carbons (Fsp3) is 0.350. The number of rotatable bonds is 5. The summed E-state index contributed by atoms with van der Waals surface area (Å²) in [5.41, 5.74) is 2.85. The van der Waals surface area contributed by atoms with Crippen molar-refractivity contribution in [3.8, 4) is 0 Å². The SMILES string of the molecule is Cc1ccc(CS(=O)(=O)Nc2ccc(C(=O)N3CCN(C)CC3)cc2)cc1. The zero-order valence-electron chi connectivity index (χ0n) is 15.7. The molecule has 1 saturated heterocycles. The topological polar surface area (TPSA) is 69.7 Å². The van der Waals surface area contributed by atoms with Gasteiger partial charge in [-0.05, 0) is 43.8 Å². The molecular formula is C20H25N3O3S. The fourth-order valence-corrected chi connectivity index (χ4v) is 4.19. The van der Waals surface area contributed by atoms with E-state index in [1.165, 1.54) is 0 Å². The Labute approximate surface area is 160 Å². The van der Waals surface area contributed by atoms with Gasteiger partial charge in [0.05, 0.1) is 5.75 Å². The molecule has 6 nitrogen and oxygen atoms in total. The second-order valence-corrected chi connectivity index (χ2v) is 8.74. The lowest BCUT2D eigenvalue weighted by atomic mass is 10.1. The first kappa shape index (κ1) is 19.4. The highest BCUT2D eigenvalue weighted by Gasteiger charge is 2.20. The molecule has 0 saturated carbocycles. The first-order valence-corrected chi connectivity index (χ1v) is 10.6. The summed E-state index contributed by atoms with van der Waals surface area (Å²) in [6.07, 6.45) is 0. The highest BCUT2D eigenvalue weighted by Crippen LogP contribution is 2.16. The van der Waals surface area contributed by atoms with Crippen LogP contribution in [-0.4, -0.2) is 57.4 Å². The first-order chi connectivity index (χ1) is 12.8. The zero-order valence-corrected chi connectivity index (χ0v) is 16.5. The molecular weight excluding hydrogens is 362 g/mol. The third-order valence-corrected chi connectivity index (χ3v) is 5.93. The van der Waals surface area contributed by atoms with Gasteiger partial charge in [0.25, 0.3) is 5.91 Å². The third-order valence-electron chi connectivity index (χ3n) is 4.67. The molecule has 2 aromatic carbocycles. The van der Waals surface area contributed by atoms with Gasteiger partial charge in [0.1, 0.15) is 0 Å². The maximum absolute atomic E-state index is 12.5. The van der Waals surface area contributed by atoms with E-state index in [0.717, 1.165) is 24.2 Å². The number of anilines is 1. The molecule has 1 heterocycles. The Morgan fingerprint density at radius 1 is 0.963 bits per heavy atom. The summed E-state index contributed by atoms with van der Waals surface area (Å²) in [5.74, 6) is -0.105. The molecule has 0 aliphatic carbocycles. The second-order valence-electron chi connectivity index (χ2n) is 7.02. The lowest BCUT2D eigenvalue weighted by molar-refractivity contribution is 0.0664. The zero-order chi connectivity index (χ0) is 19.4. The van der Waals surface area contributed by atoms with E-state index >= 15 is 0 Å². The molecule has 7 heteroatoms. The minimum Gasteiger partial charge on any atom is -0.336 e. The van der Waals surface area contributed by atoms with Crippen molar-refractivity contribution in [2.75, 3.05) is 37.9 Å². The number of nitrogens with zero attached hydrogens (tertiary/aromatic N) is 2. The number of benzene rings is 2. The van der Waals surface area contributed by atoms with Crippen molar-refractivity contribution >= 4 is 21.6 Å². The van der Waals surface area contributed by atoms with Crippen LogP contribution in [0.4, 0.5) is 5.69 Å². The molecule has 1 aliphatic rings. The largest absolute Gasteiger partial charge is 0.336 e. The number of carbonyl (C=O) groups is 1. The van der Waals surface area contributed by atoms with Gasteiger partial charge in [-0.2, -0.15) is 0 Å². The predicted octanol–water partition coefficient (Wildman–Crippen LogP) is 2.32. The molecule has 1 fully saturated rings. The Hall–Kier alpha value is -2.38. The molecule has 0 bridgehead atoms. The van der Waals surface area contributed by atoms with Crippen LogP contribution in [0.2, 0.25) is 0 Å². The monoisotopic (exact) mass is 387 g/mol. The highest BCUT2D eigenvalue weighted by molar-refractivity contribution is 7.91. The van der Waals surface area contributed by atoms with Crippen molar-refractivity contribution in [2.24, 2.45) is 0 Å². The van der Waals surface area contributed by atoms with E-state index in [0.29, 0.717) is 24.3 Å². The molecule has 0 spiro atoms. The third kappa shape index (κ3) is 5.30. The standard InChI is InChI=1S/C20H25N3O3S/c1-16-3-5-17(6-4-16)15-27(25,26)21-19-9-7-18(8-10-19)20(24)23-13-11-22(2)12-14-23/h3-10,21H,11-15H2,1-2H3. The van der Waals surface area contributed by atoms with E-state index in [2.05, 4.69) is 9.62 Å². The summed E-state index contributed by atoms with van der Waals surface area (Å²) in [5, 5.41) is 0. The lowest BCUT2D eigenvalue weighted by Crippen LogP contribution is -2.47. The molecule has 1 N–H and O–H groups in total. The summed E-state index contributed by atoms with van der Waals surface area (Å²) < 4.78 is 27.3. The number of carbonyl (C=O) groups excluding carboxylic acids is 1. The molecule has 0 unspecified atom stereocenters. The Balaban J connectivity index is 1.62. The van der Waals surface area contributed by atoms with Crippen molar-refractivity contribution in [2.45, 2.75) is 12.7 Å². The van der Waals surface area contributed by atoms with Gasteiger partial charge in [-0.1, -0.05) is 29.8 Å². The number of sulfonamides is 1. The summed E-state index contributed by atoms with van der Waals surface area (Å²) in [6.45, 7) is 5.10. The summed E-state index contributed by atoms with van der Waals surface area (Å²) in [6, 6.07) is 14.0. The van der Waals surface area contributed by atoms with E-state index in [4.69, 9.17) is 0 Å². The quantitative estimate of drug-likeness (QED) is 0.855. The van der Waals surface area contributed by atoms with Crippen molar-refractivity contribution in [3.63, 3.8) is 0 Å². The van der Waals surface area contributed by atoms with Crippen LogP contribution in [0, 0.1) is 6.92 Å². The maximum Gasteiger partial charge on any atom is 0.253 e. The van der Waals surface area contributed by atoms with Crippen LogP contribution in [0.25, 0.3) is 0 Å². The number of amides is 1. The second kappa shape index (κ2) is 8.10. The summed E-state index contributed by atoms with van der Waals surface area (Å²) in [7, 11) is -1.47. The lowest BCUT2D eigenvalue weighted by Gasteiger charge is -2.32. The van der Waals surface area contributed by atoms with Crippen LogP contribution in [0.3, 0.4) is 0 Å². The van der Waals surface area contributed by atoms with E-state index in [1.807, 2.05) is 43.1 Å².